The first-order valence-corrected chi connectivity index (χ1v) is 25.1. The fourth-order valence-corrected chi connectivity index (χ4v) is 19.1. The van der Waals surface area contributed by atoms with Gasteiger partial charge < -0.3 is 18.3 Å². The molecule has 0 heterocycles. The van der Waals surface area contributed by atoms with Crippen molar-refractivity contribution in [2.45, 2.75) is 80.0 Å². The van der Waals surface area contributed by atoms with Crippen molar-refractivity contribution in [2.75, 3.05) is 26.3 Å². The predicted molar refractivity (Wildman–Crippen MR) is 238 cm³/mol. The molecule has 4 atom stereocenters. The predicted octanol–water partition coefficient (Wildman–Crippen LogP) is 8.46. The molecule has 0 N–H and O–H groups in total. The van der Waals surface area contributed by atoms with E-state index in [4.69, 9.17) is 18.3 Å². The van der Waals surface area contributed by atoms with Gasteiger partial charge in [0, 0.05) is 25.0 Å². The highest BCUT2D eigenvalue weighted by Crippen LogP contribution is 2.40. The van der Waals surface area contributed by atoms with E-state index in [1.165, 1.54) is 20.7 Å². The SMILES string of the molecule is COCO[C@H](C[C@@H](CS(=O)c1ccccc1)O[Si](c1ccccc1)(c1ccccc1)C(C)(C)C)[C@@H](Br)CO[Si](c1ccccc1)(c1ccccc1)C(C)(C)C. The zero-order valence-electron chi connectivity index (χ0n) is 33.3. The summed E-state index contributed by atoms with van der Waals surface area (Å²) in [7, 11) is -5.57. The Bertz CT molecular complexity index is 1810. The molecule has 0 aliphatic rings. The third kappa shape index (κ3) is 10.1. The minimum absolute atomic E-state index is 0.0969. The van der Waals surface area contributed by atoms with Crippen LogP contribution in [0.3, 0.4) is 0 Å². The third-order valence-corrected chi connectivity index (χ3v) is 22.7. The molecule has 0 fully saturated rings. The fourth-order valence-electron chi connectivity index (χ4n) is 7.74. The van der Waals surface area contributed by atoms with Crippen LogP contribution >= 0.6 is 15.9 Å². The first-order chi connectivity index (χ1) is 26.3. The van der Waals surface area contributed by atoms with Crippen molar-refractivity contribution in [1.82, 2.24) is 0 Å². The number of benzene rings is 5. The van der Waals surface area contributed by atoms with Crippen LogP contribution in [0.15, 0.2) is 157 Å². The van der Waals surface area contributed by atoms with Crippen molar-refractivity contribution >= 4 is 64.1 Å². The number of ether oxygens (including phenoxy) is 2. The van der Waals surface area contributed by atoms with Gasteiger partial charge in [-0.15, -0.1) is 0 Å². The molecule has 5 nitrogen and oxygen atoms in total. The summed E-state index contributed by atoms with van der Waals surface area (Å²) in [6, 6.07) is 52.3. The van der Waals surface area contributed by atoms with Crippen molar-refractivity contribution < 1.29 is 22.5 Å². The second-order valence-corrected chi connectivity index (χ2v) is 27.3. The Morgan fingerprint density at radius 2 is 0.982 bits per heavy atom. The van der Waals surface area contributed by atoms with Gasteiger partial charge in [-0.05, 0) is 43.0 Å². The molecule has 0 spiro atoms. The smallest absolute Gasteiger partial charge is 0.261 e. The largest absolute Gasteiger partial charge is 0.406 e. The highest BCUT2D eigenvalue weighted by Gasteiger charge is 2.53. The molecule has 5 rings (SSSR count). The molecule has 0 aliphatic heterocycles. The zero-order chi connectivity index (χ0) is 39.5. The van der Waals surface area contributed by atoms with E-state index in [2.05, 4.69) is 167 Å². The Labute approximate surface area is 342 Å². The molecule has 0 saturated heterocycles. The quantitative estimate of drug-likeness (QED) is 0.0504. The number of alkyl halides is 1. The van der Waals surface area contributed by atoms with Gasteiger partial charge in [0.25, 0.3) is 16.6 Å². The van der Waals surface area contributed by atoms with Crippen LogP contribution in [0, 0.1) is 0 Å². The van der Waals surface area contributed by atoms with Gasteiger partial charge in [-0.3, -0.25) is 4.21 Å². The Morgan fingerprint density at radius 3 is 1.36 bits per heavy atom. The summed E-state index contributed by atoms with van der Waals surface area (Å²) in [5.41, 5.74) is 0. The van der Waals surface area contributed by atoms with Crippen LogP contribution in [-0.2, 0) is 29.1 Å². The molecular formula is C46H57BrO5SSi2. The van der Waals surface area contributed by atoms with Gasteiger partial charge in [0.1, 0.15) is 6.79 Å². The molecule has 9 heteroatoms. The maximum atomic E-state index is 14.3. The van der Waals surface area contributed by atoms with Gasteiger partial charge in [-0.2, -0.15) is 0 Å². The molecule has 0 amide bonds. The van der Waals surface area contributed by atoms with Gasteiger partial charge in [-0.25, -0.2) is 0 Å². The van der Waals surface area contributed by atoms with Crippen LogP contribution in [0.2, 0.25) is 10.1 Å². The minimum Gasteiger partial charge on any atom is -0.406 e. The van der Waals surface area contributed by atoms with E-state index in [0.717, 1.165) is 4.90 Å². The highest BCUT2D eigenvalue weighted by atomic mass is 79.9. The lowest BCUT2D eigenvalue weighted by molar-refractivity contribution is -0.0838. The van der Waals surface area contributed by atoms with E-state index in [9.17, 15) is 4.21 Å². The lowest BCUT2D eigenvalue weighted by atomic mass is 10.1. The Kier molecular flexibility index (Phi) is 15.2. The number of hydrogen-bond donors (Lipinski definition) is 0. The second kappa shape index (κ2) is 19.4. The minimum atomic E-state index is -3.04. The molecule has 1 unspecified atom stereocenters. The van der Waals surface area contributed by atoms with Crippen molar-refractivity contribution in [2.24, 2.45) is 0 Å². The van der Waals surface area contributed by atoms with Crippen LogP contribution in [-0.4, -0.2) is 64.1 Å². The maximum Gasteiger partial charge on any atom is 0.261 e. The Balaban J connectivity index is 1.57. The molecule has 292 valence electrons. The Morgan fingerprint density at radius 1 is 0.600 bits per heavy atom. The normalized spacial score (nSPS) is 14.9. The first kappa shape index (κ1) is 43.1. The molecule has 0 bridgehead atoms. The van der Waals surface area contributed by atoms with Crippen molar-refractivity contribution in [3.63, 3.8) is 0 Å². The molecule has 0 saturated carbocycles. The highest BCUT2D eigenvalue weighted by molar-refractivity contribution is 9.09. The van der Waals surface area contributed by atoms with Gasteiger partial charge in [0.05, 0.1) is 33.6 Å². The van der Waals surface area contributed by atoms with Gasteiger partial charge in [0.2, 0.25) is 0 Å². The lowest BCUT2D eigenvalue weighted by Crippen LogP contribution is -2.68. The van der Waals surface area contributed by atoms with Crippen molar-refractivity contribution in [1.29, 1.82) is 0 Å². The van der Waals surface area contributed by atoms with Gasteiger partial charge >= 0.3 is 0 Å². The average molecular weight is 858 g/mol. The van der Waals surface area contributed by atoms with Crippen LogP contribution < -0.4 is 20.7 Å². The standard InChI is InChI=1S/C46H57BrO5SSi2/c1-45(2,3)54(39-25-15-9-16-26-39,40-27-17-10-18-28-40)51-34-43(47)44(50-36-49-7)33-37(35-53(48)38-23-13-8-14-24-38)52-55(46(4,5)6,41-29-19-11-20-30-41)42-31-21-12-22-32-42/h8-32,37,43-44H,33-36H2,1-7H3/t37-,43-,44+,53?/m0/s1. The number of methoxy groups -OCH3 is 1. The summed E-state index contributed by atoms with van der Waals surface area (Å²) < 4.78 is 41.5. The summed E-state index contributed by atoms with van der Waals surface area (Å²) in [5, 5.41) is 4.31. The molecule has 5 aromatic carbocycles. The topological polar surface area (TPSA) is 54.0 Å². The summed E-state index contributed by atoms with van der Waals surface area (Å²) in [5.74, 6) is 0.302. The zero-order valence-corrected chi connectivity index (χ0v) is 37.7. The lowest BCUT2D eigenvalue weighted by Gasteiger charge is -2.46. The van der Waals surface area contributed by atoms with Gasteiger partial charge in [-0.1, -0.05) is 197 Å². The van der Waals surface area contributed by atoms with E-state index in [1.807, 2.05) is 42.5 Å². The van der Waals surface area contributed by atoms with E-state index < -0.39 is 39.6 Å². The average Bonchev–Trinajstić information content (AvgIpc) is 3.19. The molecule has 0 aromatic heterocycles. The molecule has 0 aliphatic carbocycles. The molecule has 5 aromatic rings. The number of rotatable bonds is 18. The van der Waals surface area contributed by atoms with Crippen LogP contribution in [0.4, 0.5) is 0 Å². The molecular weight excluding hydrogens is 801 g/mol. The van der Waals surface area contributed by atoms with Gasteiger partial charge in [0.15, 0.2) is 0 Å². The summed E-state index contributed by atoms with van der Waals surface area (Å²) in [6.07, 6.45) is -0.372. The summed E-state index contributed by atoms with van der Waals surface area (Å²) >= 11 is 4.08. The second-order valence-electron chi connectivity index (χ2n) is 16.1. The van der Waals surface area contributed by atoms with E-state index in [0.29, 0.717) is 18.8 Å². The van der Waals surface area contributed by atoms with E-state index >= 15 is 0 Å². The van der Waals surface area contributed by atoms with E-state index in [1.54, 1.807) is 7.11 Å². The Hall–Kier alpha value is -3.00. The van der Waals surface area contributed by atoms with Crippen LogP contribution in [0.25, 0.3) is 0 Å². The summed E-state index contributed by atoms with van der Waals surface area (Å²) in [6.45, 7) is 14.2. The maximum absolute atomic E-state index is 14.3. The fraction of sp³-hybridized carbons (Fsp3) is 0.348. The van der Waals surface area contributed by atoms with Crippen LogP contribution in [0.1, 0.15) is 48.0 Å². The molecule has 0 radical (unpaired) electrons. The molecule has 55 heavy (non-hydrogen) atoms. The third-order valence-electron chi connectivity index (χ3n) is 10.3. The van der Waals surface area contributed by atoms with E-state index in [-0.39, 0.29) is 21.7 Å². The van der Waals surface area contributed by atoms with Crippen LogP contribution in [0.5, 0.6) is 0 Å². The van der Waals surface area contributed by atoms with Crippen molar-refractivity contribution in [3.05, 3.63) is 152 Å². The number of halogens is 1. The summed E-state index contributed by atoms with van der Waals surface area (Å²) in [4.78, 5) is 0.540. The van der Waals surface area contributed by atoms with Crippen molar-refractivity contribution in [3.8, 4) is 0 Å². The monoisotopic (exact) mass is 856 g/mol. The number of hydrogen-bond acceptors (Lipinski definition) is 5. The first-order valence-electron chi connectivity index (χ1n) is 19.1.